The van der Waals surface area contributed by atoms with Gasteiger partial charge in [-0.15, -0.1) is 5.10 Å². The summed E-state index contributed by atoms with van der Waals surface area (Å²) in [5.74, 6) is 1.35. The number of nitrogens with one attached hydrogen (secondary N) is 1. The number of hydrogen-bond donors (Lipinski definition) is 2. The highest BCUT2D eigenvalue weighted by Crippen LogP contribution is 2.32. The van der Waals surface area contributed by atoms with Gasteiger partial charge < -0.3 is 10.4 Å². The number of benzene rings is 1. The molecule has 4 nitrogen and oxygen atoms in total. The minimum Gasteiger partial charge on any atom is -0.388 e. The highest BCUT2D eigenvalue weighted by molar-refractivity contribution is 5.90. The van der Waals surface area contributed by atoms with E-state index in [2.05, 4.69) is 22.4 Å². The zero-order valence-corrected chi connectivity index (χ0v) is 11.8. The number of aromatic nitrogens is 2. The molecule has 2 atom stereocenters. The van der Waals surface area contributed by atoms with E-state index in [1.54, 1.807) is 6.20 Å². The molecule has 3 rings (SSSR count). The molecular weight excluding hydrogens is 250 g/mol. The molecule has 1 aliphatic carbocycles. The molecule has 0 radical (unpaired) electrons. The zero-order valence-electron chi connectivity index (χ0n) is 11.8. The summed E-state index contributed by atoms with van der Waals surface area (Å²) >= 11 is 0. The Bertz CT molecular complexity index is 596. The highest BCUT2D eigenvalue weighted by Gasteiger charge is 2.32. The number of aliphatic hydroxyl groups is 1. The molecule has 0 bridgehead atoms. The Hall–Kier alpha value is -1.68. The van der Waals surface area contributed by atoms with Crippen LogP contribution < -0.4 is 5.32 Å². The van der Waals surface area contributed by atoms with E-state index in [0.717, 1.165) is 35.9 Å². The lowest BCUT2D eigenvalue weighted by Gasteiger charge is -2.35. The monoisotopic (exact) mass is 271 g/mol. The molecule has 1 aromatic heterocycles. The lowest BCUT2D eigenvalue weighted by Crippen LogP contribution is -2.41. The Morgan fingerprint density at radius 3 is 3.10 bits per heavy atom. The molecule has 0 spiro atoms. The molecule has 0 saturated heterocycles. The predicted molar refractivity (Wildman–Crippen MR) is 80.6 cm³/mol. The Morgan fingerprint density at radius 1 is 1.40 bits per heavy atom. The van der Waals surface area contributed by atoms with Crippen molar-refractivity contribution in [2.45, 2.75) is 38.2 Å². The van der Waals surface area contributed by atoms with Gasteiger partial charge in [0, 0.05) is 17.3 Å². The maximum atomic E-state index is 10.7. The van der Waals surface area contributed by atoms with Crippen molar-refractivity contribution in [3.8, 4) is 0 Å². The number of rotatable bonds is 3. The Kier molecular flexibility index (Phi) is 3.57. The fraction of sp³-hybridized carbons (Fsp3) is 0.500. The van der Waals surface area contributed by atoms with E-state index in [4.69, 9.17) is 0 Å². The largest absolute Gasteiger partial charge is 0.388 e. The van der Waals surface area contributed by atoms with Crippen LogP contribution in [0, 0.1) is 5.92 Å². The summed E-state index contributed by atoms with van der Waals surface area (Å²) in [6.45, 7) is 2.75. The van der Waals surface area contributed by atoms with Crippen LogP contribution in [0.2, 0.25) is 0 Å². The average Bonchev–Trinajstić information content (AvgIpc) is 2.45. The Balaban J connectivity index is 1.77. The van der Waals surface area contributed by atoms with E-state index in [1.807, 2.05) is 24.3 Å². The fourth-order valence-electron chi connectivity index (χ4n) is 3.20. The van der Waals surface area contributed by atoms with Crippen LogP contribution >= 0.6 is 0 Å². The van der Waals surface area contributed by atoms with Crippen molar-refractivity contribution in [2.24, 2.45) is 5.92 Å². The first-order valence-corrected chi connectivity index (χ1v) is 7.33. The smallest absolute Gasteiger partial charge is 0.156 e. The van der Waals surface area contributed by atoms with E-state index >= 15 is 0 Å². The van der Waals surface area contributed by atoms with Gasteiger partial charge in [-0.1, -0.05) is 44.0 Å². The minimum absolute atomic E-state index is 0.542. The number of nitrogens with zero attached hydrogens (tertiary/aromatic N) is 2. The van der Waals surface area contributed by atoms with Gasteiger partial charge in [-0.05, 0) is 18.8 Å². The van der Waals surface area contributed by atoms with E-state index < -0.39 is 5.60 Å². The first-order chi connectivity index (χ1) is 9.66. The number of anilines is 1. The predicted octanol–water partition coefficient (Wildman–Crippen LogP) is 2.98. The van der Waals surface area contributed by atoms with Crippen molar-refractivity contribution < 1.29 is 5.11 Å². The van der Waals surface area contributed by atoms with Gasteiger partial charge >= 0.3 is 0 Å². The molecule has 1 aliphatic rings. The third-order valence-corrected chi connectivity index (χ3v) is 4.22. The second-order valence-electron chi connectivity index (χ2n) is 6.06. The van der Waals surface area contributed by atoms with Crippen LogP contribution in [0.1, 0.15) is 32.6 Å². The van der Waals surface area contributed by atoms with Crippen molar-refractivity contribution >= 4 is 16.6 Å². The van der Waals surface area contributed by atoms with E-state index in [0.29, 0.717) is 12.5 Å². The average molecular weight is 271 g/mol. The topological polar surface area (TPSA) is 58.0 Å². The fourth-order valence-corrected chi connectivity index (χ4v) is 3.20. The van der Waals surface area contributed by atoms with Crippen LogP contribution in [0.25, 0.3) is 10.8 Å². The molecule has 2 unspecified atom stereocenters. The first-order valence-electron chi connectivity index (χ1n) is 7.33. The van der Waals surface area contributed by atoms with Crippen molar-refractivity contribution in [1.82, 2.24) is 10.2 Å². The summed E-state index contributed by atoms with van der Waals surface area (Å²) < 4.78 is 0. The third-order valence-electron chi connectivity index (χ3n) is 4.22. The number of fused-ring (bicyclic) bond motifs is 1. The van der Waals surface area contributed by atoms with Gasteiger partial charge in [-0.2, -0.15) is 5.10 Å². The maximum absolute atomic E-state index is 10.7. The van der Waals surface area contributed by atoms with E-state index in [9.17, 15) is 5.11 Å². The standard InChI is InChI=1S/C16H21N3O/c1-12-5-4-8-16(20,9-12)11-17-15-14-7-3-2-6-13(14)10-18-19-15/h2-3,6-7,10,12,20H,4-5,8-9,11H2,1H3,(H,17,19). The van der Waals surface area contributed by atoms with Crippen LogP contribution in [-0.2, 0) is 0 Å². The molecule has 106 valence electrons. The van der Waals surface area contributed by atoms with Gasteiger partial charge in [-0.25, -0.2) is 0 Å². The molecule has 1 aromatic carbocycles. The minimum atomic E-state index is -0.615. The Morgan fingerprint density at radius 2 is 2.25 bits per heavy atom. The van der Waals surface area contributed by atoms with Gasteiger partial charge in [0.25, 0.3) is 0 Å². The van der Waals surface area contributed by atoms with Crippen molar-refractivity contribution in [3.05, 3.63) is 30.5 Å². The lowest BCUT2D eigenvalue weighted by molar-refractivity contribution is -0.000811. The lowest BCUT2D eigenvalue weighted by atomic mass is 9.79. The van der Waals surface area contributed by atoms with Crippen LogP contribution in [-0.4, -0.2) is 27.4 Å². The molecule has 1 saturated carbocycles. The molecule has 1 fully saturated rings. The molecule has 20 heavy (non-hydrogen) atoms. The second kappa shape index (κ2) is 5.37. The second-order valence-corrected chi connectivity index (χ2v) is 6.06. The Labute approximate surface area is 119 Å². The van der Waals surface area contributed by atoms with Gasteiger partial charge in [0.15, 0.2) is 5.82 Å². The van der Waals surface area contributed by atoms with E-state index in [-0.39, 0.29) is 0 Å². The summed E-state index contributed by atoms with van der Waals surface area (Å²) in [5.41, 5.74) is -0.615. The summed E-state index contributed by atoms with van der Waals surface area (Å²) in [6.07, 6.45) is 5.80. The summed E-state index contributed by atoms with van der Waals surface area (Å²) in [5, 5.41) is 24.3. The maximum Gasteiger partial charge on any atom is 0.156 e. The van der Waals surface area contributed by atoms with Gasteiger partial charge in [0.2, 0.25) is 0 Å². The zero-order chi connectivity index (χ0) is 14.0. The summed E-state index contributed by atoms with van der Waals surface area (Å²) in [4.78, 5) is 0. The van der Waals surface area contributed by atoms with Crippen LogP contribution in [0.3, 0.4) is 0 Å². The van der Waals surface area contributed by atoms with Crippen LogP contribution in [0.15, 0.2) is 30.5 Å². The van der Waals surface area contributed by atoms with Crippen LogP contribution in [0.4, 0.5) is 5.82 Å². The van der Waals surface area contributed by atoms with Crippen molar-refractivity contribution in [1.29, 1.82) is 0 Å². The van der Waals surface area contributed by atoms with Crippen LogP contribution in [0.5, 0.6) is 0 Å². The highest BCUT2D eigenvalue weighted by atomic mass is 16.3. The molecular formula is C16H21N3O. The molecule has 1 heterocycles. The van der Waals surface area contributed by atoms with Gasteiger partial charge in [0.1, 0.15) is 0 Å². The molecule has 0 amide bonds. The first kappa shape index (κ1) is 13.3. The van der Waals surface area contributed by atoms with Crippen molar-refractivity contribution in [2.75, 3.05) is 11.9 Å². The number of hydrogen-bond acceptors (Lipinski definition) is 4. The summed E-state index contributed by atoms with van der Waals surface area (Å²) in [7, 11) is 0. The van der Waals surface area contributed by atoms with E-state index in [1.165, 1.54) is 6.42 Å². The normalized spacial score (nSPS) is 26.6. The third kappa shape index (κ3) is 2.75. The quantitative estimate of drug-likeness (QED) is 0.901. The van der Waals surface area contributed by atoms with Gasteiger partial charge in [-0.3, -0.25) is 0 Å². The molecule has 2 aromatic rings. The molecule has 2 N–H and O–H groups in total. The molecule has 0 aliphatic heterocycles. The molecule has 4 heteroatoms. The SMILES string of the molecule is CC1CCCC(O)(CNc2nncc3ccccc23)C1. The van der Waals surface area contributed by atoms with Crippen molar-refractivity contribution in [3.63, 3.8) is 0 Å². The summed E-state index contributed by atoms with van der Waals surface area (Å²) in [6, 6.07) is 8.03. The van der Waals surface area contributed by atoms with Gasteiger partial charge in [0.05, 0.1) is 11.8 Å².